The number of benzene rings is 1. The number of nitrogens with one attached hydrogen (secondary N) is 1. The molecule has 0 amide bonds. The lowest BCUT2D eigenvalue weighted by Crippen LogP contribution is -2.16. The molecule has 0 bridgehead atoms. The van der Waals surface area contributed by atoms with Crippen LogP contribution in [0.5, 0.6) is 0 Å². The van der Waals surface area contributed by atoms with Gasteiger partial charge < -0.3 is 10.7 Å². The standard InChI is InChI=1S/C19H10N6O/c20-7-15-17(16(8-21)19(26)25-18(15)22)14-5-3-12(4-6-14)1-2-13-9-23-11-24-10-13/h3-6,9-11H,(H3,22,25,26). The Bertz CT molecular complexity index is 1170. The van der Waals surface area contributed by atoms with Crippen molar-refractivity contribution in [3.63, 3.8) is 0 Å². The van der Waals surface area contributed by atoms with Crippen molar-refractivity contribution >= 4 is 5.82 Å². The second-order valence-electron chi connectivity index (χ2n) is 5.17. The number of anilines is 1. The summed E-state index contributed by atoms with van der Waals surface area (Å²) in [6.07, 6.45) is 4.63. The Kier molecular flexibility index (Phi) is 4.43. The fourth-order valence-corrected chi connectivity index (χ4v) is 2.36. The predicted molar refractivity (Wildman–Crippen MR) is 94.4 cm³/mol. The highest BCUT2D eigenvalue weighted by Crippen LogP contribution is 2.28. The molecule has 0 atom stereocenters. The molecule has 122 valence electrons. The van der Waals surface area contributed by atoms with Gasteiger partial charge in [0.05, 0.1) is 5.56 Å². The zero-order valence-electron chi connectivity index (χ0n) is 13.3. The van der Waals surface area contributed by atoms with E-state index in [1.165, 1.54) is 6.33 Å². The third-order valence-corrected chi connectivity index (χ3v) is 3.55. The molecule has 3 rings (SSSR count). The minimum atomic E-state index is -0.632. The molecule has 2 heterocycles. The van der Waals surface area contributed by atoms with Crippen LogP contribution in [0.1, 0.15) is 22.3 Å². The minimum Gasteiger partial charge on any atom is -0.384 e. The van der Waals surface area contributed by atoms with Crippen LogP contribution in [0, 0.1) is 34.5 Å². The van der Waals surface area contributed by atoms with E-state index >= 15 is 0 Å². The summed E-state index contributed by atoms with van der Waals surface area (Å²) < 4.78 is 0. The molecule has 0 aliphatic heterocycles. The molecule has 3 N–H and O–H groups in total. The highest BCUT2D eigenvalue weighted by molar-refractivity contribution is 5.80. The molecule has 0 spiro atoms. The lowest BCUT2D eigenvalue weighted by molar-refractivity contribution is 1.16. The first kappa shape index (κ1) is 16.4. The van der Waals surface area contributed by atoms with E-state index in [0.29, 0.717) is 16.7 Å². The second kappa shape index (κ2) is 7.00. The molecular weight excluding hydrogens is 328 g/mol. The summed E-state index contributed by atoms with van der Waals surface area (Å²) in [5, 5.41) is 18.6. The smallest absolute Gasteiger partial charge is 0.268 e. The van der Waals surface area contributed by atoms with Gasteiger partial charge >= 0.3 is 0 Å². The van der Waals surface area contributed by atoms with Gasteiger partial charge in [0.15, 0.2) is 0 Å². The average molecular weight is 338 g/mol. The average Bonchev–Trinajstić information content (AvgIpc) is 2.67. The van der Waals surface area contributed by atoms with Gasteiger partial charge in [-0.15, -0.1) is 0 Å². The molecule has 1 aromatic carbocycles. The van der Waals surface area contributed by atoms with Crippen LogP contribution in [0.2, 0.25) is 0 Å². The molecule has 0 saturated carbocycles. The van der Waals surface area contributed by atoms with Crippen molar-refractivity contribution in [3.05, 3.63) is 75.6 Å². The number of nitrogens with zero attached hydrogens (tertiary/aromatic N) is 4. The first-order valence-corrected chi connectivity index (χ1v) is 7.37. The van der Waals surface area contributed by atoms with Gasteiger partial charge in [-0.3, -0.25) is 4.79 Å². The summed E-state index contributed by atoms with van der Waals surface area (Å²) in [6, 6.07) is 10.6. The van der Waals surface area contributed by atoms with E-state index in [1.54, 1.807) is 36.7 Å². The van der Waals surface area contributed by atoms with E-state index in [0.717, 1.165) is 0 Å². The van der Waals surface area contributed by atoms with Crippen molar-refractivity contribution in [2.45, 2.75) is 0 Å². The third kappa shape index (κ3) is 3.12. The van der Waals surface area contributed by atoms with Gasteiger partial charge in [0.1, 0.15) is 35.4 Å². The van der Waals surface area contributed by atoms with Crippen LogP contribution >= 0.6 is 0 Å². The molecule has 0 radical (unpaired) electrons. The summed E-state index contributed by atoms with van der Waals surface area (Å²) in [5.41, 5.74) is 7.12. The van der Waals surface area contributed by atoms with Crippen molar-refractivity contribution in [1.29, 1.82) is 10.5 Å². The van der Waals surface area contributed by atoms with E-state index in [2.05, 4.69) is 26.8 Å². The fourth-order valence-electron chi connectivity index (χ4n) is 2.36. The van der Waals surface area contributed by atoms with Gasteiger partial charge in [-0.1, -0.05) is 24.0 Å². The Labute approximate surface area is 148 Å². The molecular formula is C19H10N6O. The first-order valence-electron chi connectivity index (χ1n) is 7.37. The summed E-state index contributed by atoms with van der Waals surface area (Å²) in [5.74, 6) is 5.83. The number of nitriles is 2. The fraction of sp³-hybridized carbons (Fsp3) is 0. The highest BCUT2D eigenvalue weighted by atomic mass is 16.1. The van der Waals surface area contributed by atoms with E-state index in [1.807, 2.05) is 12.1 Å². The highest BCUT2D eigenvalue weighted by Gasteiger charge is 2.17. The molecule has 0 saturated heterocycles. The molecule has 0 aliphatic carbocycles. The Balaban J connectivity index is 2.06. The zero-order chi connectivity index (χ0) is 18.5. The molecule has 3 aromatic rings. The molecule has 7 heteroatoms. The van der Waals surface area contributed by atoms with Crippen LogP contribution in [0.15, 0.2) is 47.8 Å². The third-order valence-electron chi connectivity index (χ3n) is 3.55. The van der Waals surface area contributed by atoms with E-state index in [9.17, 15) is 15.3 Å². The predicted octanol–water partition coefficient (Wildman–Crippen LogP) is 1.56. The van der Waals surface area contributed by atoms with Gasteiger partial charge in [-0.2, -0.15) is 10.5 Å². The largest absolute Gasteiger partial charge is 0.384 e. The Morgan fingerprint density at radius 3 is 2.15 bits per heavy atom. The lowest BCUT2D eigenvalue weighted by Gasteiger charge is -2.08. The molecule has 0 unspecified atom stereocenters. The summed E-state index contributed by atoms with van der Waals surface area (Å²) in [4.78, 5) is 22.0. The SMILES string of the molecule is N#Cc1c(N)[nH]c(=O)c(C#N)c1-c1ccc(C#Cc2cncnc2)cc1. The number of hydrogen-bond acceptors (Lipinski definition) is 6. The van der Waals surface area contributed by atoms with Crippen molar-refractivity contribution < 1.29 is 0 Å². The zero-order valence-corrected chi connectivity index (χ0v) is 13.3. The first-order chi connectivity index (χ1) is 12.6. The maximum Gasteiger partial charge on any atom is 0.268 e. The van der Waals surface area contributed by atoms with Gasteiger partial charge in [0.25, 0.3) is 5.56 Å². The molecule has 0 aliphatic rings. The van der Waals surface area contributed by atoms with Crippen LogP contribution in [0.4, 0.5) is 5.82 Å². The second-order valence-corrected chi connectivity index (χ2v) is 5.17. The van der Waals surface area contributed by atoms with Crippen LogP contribution in [-0.2, 0) is 0 Å². The lowest BCUT2D eigenvalue weighted by atomic mass is 9.96. The van der Waals surface area contributed by atoms with E-state index in [-0.39, 0.29) is 22.5 Å². The van der Waals surface area contributed by atoms with Gasteiger partial charge in [-0.25, -0.2) is 9.97 Å². The van der Waals surface area contributed by atoms with Crippen molar-refractivity contribution in [2.24, 2.45) is 0 Å². The number of hydrogen-bond donors (Lipinski definition) is 2. The quantitative estimate of drug-likeness (QED) is 0.647. The topological polar surface area (TPSA) is 132 Å². The molecule has 2 aromatic heterocycles. The molecule has 7 nitrogen and oxygen atoms in total. The van der Waals surface area contributed by atoms with Crippen LogP contribution in [0.3, 0.4) is 0 Å². The van der Waals surface area contributed by atoms with E-state index < -0.39 is 5.56 Å². The van der Waals surface area contributed by atoms with Gasteiger partial charge in [0.2, 0.25) is 0 Å². The molecule has 26 heavy (non-hydrogen) atoms. The number of nitrogen functional groups attached to an aromatic ring is 1. The number of aromatic amines is 1. The Morgan fingerprint density at radius 2 is 1.54 bits per heavy atom. The van der Waals surface area contributed by atoms with Crippen LogP contribution in [0.25, 0.3) is 11.1 Å². The summed E-state index contributed by atoms with van der Waals surface area (Å²) in [7, 11) is 0. The Morgan fingerprint density at radius 1 is 0.923 bits per heavy atom. The number of rotatable bonds is 1. The molecule has 0 fully saturated rings. The van der Waals surface area contributed by atoms with Crippen LogP contribution < -0.4 is 11.3 Å². The van der Waals surface area contributed by atoms with Crippen molar-refractivity contribution in [1.82, 2.24) is 15.0 Å². The maximum absolute atomic E-state index is 12.0. The number of pyridine rings is 1. The monoisotopic (exact) mass is 338 g/mol. The summed E-state index contributed by atoms with van der Waals surface area (Å²) >= 11 is 0. The normalized spacial score (nSPS) is 9.46. The van der Waals surface area contributed by atoms with Crippen molar-refractivity contribution in [2.75, 3.05) is 5.73 Å². The minimum absolute atomic E-state index is 0.0569. The summed E-state index contributed by atoms with van der Waals surface area (Å²) in [6.45, 7) is 0. The number of H-pyrrole nitrogens is 1. The maximum atomic E-state index is 12.0. The van der Waals surface area contributed by atoms with E-state index in [4.69, 9.17) is 5.73 Å². The number of aromatic nitrogens is 3. The number of nitrogens with two attached hydrogens (primary N) is 1. The van der Waals surface area contributed by atoms with Crippen molar-refractivity contribution in [3.8, 4) is 35.1 Å². The van der Waals surface area contributed by atoms with Crippen LogP contribution in [-0.4, -0.2) is 15.0 Å². The Hall–Kier alpha value is -4.41. The van der Waals surface area contributed by atoms with Gasteiger partial charge in [-0.05, 0) is 17.7 Å². The van der Waals surface area contributed by atoms with Gasteiger partial charge in [0, 0.05) is 23.5 Å².